The molecule has 1 amide bonds. The average molecular weight is 287 g/mol. The summed E-state index contributed by atoms with van der Waals surface area (Å²) in [4.78, 5) is 14.3. The number of para-hydroxylation sites is 1. The average Bonchev–Trinajstić information content (AvgIpc) is 2.83. The number of methoxy groups -OCH3 is 1. The minimum absolute atomic E-state index is 0.0763. The number of hydrogen-bond donors (Lipinski definition) is 1. The molecule has 2 aromatic rings. The van der Waals surface area contributed by atoms with Crippen LogP contribution in [0, 0.1) is 0 Å². The molecule has 0 radical (unpaired) electrons. The number of nitrogen functional groups attached to an aromatic ring is 1. The Morgan fingerprint density at radius 2 is 2.05 bits per heavy atom. The quantitative estimate of drug-likeness (QED) is 0.939. The first kappa shape index (κ1) is 15.0. The van der Waals surface area contributed by atoms with Crippen molar-refractivity contribution in [3.63, 3.8) is 0 Å². The van der Waals surface area contributed by atoms with Crippen LogP contribution < -0.4 is 10.5 Å². The van der Waals surface area contributed by atoms with Crippen molar-refractivity contribution < 1.29 is 9.53 Å². The molecule has 0 fully saturated rings. The molecule has 1 heterocycles. The van der Waals surface area contributed by atoms with Gasteiger partial charge in [0.05, 0.1) is 18.8 Å². The number of amides is 1. The van der Waals surface area contributed by atoms with Gasteiger partial charge in [0.2, 0.25) is 0 Å². The summed E-state index contributed by atoms with van der Waals surface area (Å²) in [5, 5.41) is 0. The van der Waals surface area contributed by atoms with Crippen molar-refractivity contribution >= 4 is 11.6 Å². The summed E-state index contributed by atoms with van der Waals surface area (Å²) in [6.45, 7) is 1.97. The first-order chi connectivity index (χ1) is 9.95. The molecule has 1 aromatic heterocycles. The number of carbonyl (C=O) groups excluding carboxylic acids is 1. The third kappa shape index (κ3) is 2.86. The van der Waals surface area contributed by atoms with E-state index in [0.29, 0.717) is 11.4 Å². The molecule has 0 aliphatic carbocycles. The van der Waals surface area contributed by atoms with Crippen LogP contribution in [0.3, 0.4) is 0 Å². The number of aromatic nitrogens is 1. The lowest BCUT2D eigenvalue weighted by Crippen LogP contribution is -2.31. The largest absolute Gasteiger partial charge is 0.496 e. The van der Waals surface area contributed by atoms with E-state index < -0.39 is 0 Å². The Morgan fingerprint density at radius 3 is 2.62 bits per heavy atom. The molecule has 0 saturated carbocycles. The van der Waals surface area contributed by atoms with E-state index in [1.165, 1.54) is 0 Å². The van der Waals surface area contributed by atoms with E-state index in [9.17, 15) is 4.79 Å². The number of ether oxygens (including phenoxy) is 1. The first-order valence-electron chi connectivity index (χ1n) is 6.77. The summed E-state index contributed by atoms with van der Waals surface area (Å²) >= 11 is 0. The van der Waals surface area contributed by atoms with Crippen molar-refractivity contribution in [1.29, 1.82) is 0 Å². The van der Waals surface area contributed by atoms with Crippen LogP contribution in [0.15, 0.2) is 36.5 Å². The van der Waals surface area contributed by atoms with E-state index in [0.717, 1.165) is 11.3 Å². The van der Waals surface area contributed by atoms with Gasteiger partial charge in [0, 0.05) is 25.9 Å². The zero-order valence-corrected chi connectivity index (χ0v) is 12.8. The van der Waals surface area contributed by atoms with Crippen LogP contribution in [0.4, 0.5) is 5.69 Å². The third-order valence-electron chi connectivity index (χ3n) is 3.74. The molecule has 1 aromatic carbocycles. The Balaban J connectivity index is 2.28. The fourth-order valence-corrected chi connectivity index (χ4v) is 2.38. The number of benzene rings is 1. The highest BCUT2D eigenvalue weighted by Crippen LogP contribution is 2.29. The zero-order valence-electron chi connectivity index (χ0n) is 12.8. The number of nitrogens with two attached hydrogens (primary N) is 1. The third-order valence-corrected chi connectivity index (χ3v) is 3.74. The Kier molecular flexibility index (Phi) is 4.21. The predicted octanol–water partition coefficient (Wildman–Crippen LogP) is 2.45. The Hall–Kier alpha value is -2.43. The second-order valence-electron chi connectivity index (χ2n) is 5.10. The molecule has 2 N–H and O–H groups in total. The molecule has 0 aliphatic rings. The van der Waals surface area contributed by atoms with Gasteiger partial charge in [0.15, 0.2) is 0 Å². The molecule has 0 bridgehead atoms. The van der Waals surface area contributed by atoms with Crippen molar-refractivity contribution in [2.75, 3.05) is 19.9 Å². The van der Waals surface area contributed by atoms with Crippen molar-refractivity contribution in [2.24, 2.45) is 7.05 Å². The van der Waals surface area contributed by atoms with Gasteiger partial charge in [-0.3, -0.25) is 4.79 Å². The number of aryl methyl sites for hydroxylation is 1. The highest BCUT2D eigenvalue weighted by molar-refractivity contribution is 5.94. The predicted molar refractivity (Wildman–Crippen MR) is 83.3 cm³/mol. The molecule has 5 heteroatoms. The van der Waals surface area contributed by atoms with E-state index in [1.54, 1.807) is 35.9 Å². The number of carbonyl (C=O) groups is 1. The molecule has 21 heavy (non-hydrogen) atoms. The highest BCUT2D eigenvalue weighted by atomic mass is 16.5. The standard InChI is InChI=1S/C16H21N3O2/c1-11(13-7-5-6-8-15(13)21-4)19(3)16(20)14-9-12(17)10-18(14)2/h5-11H,17H2,1-4H3. The molecule has 112 valence electrons. The molecule has 0 aliphatic heterocycles. The Labute approximate surface area is 124 Å². The van der Waals surface area contributed by atoms with E-state index in [4.69, 9.17) is 10.5 Å². The summed E-state index contributed by atoms with van der Waals surface area (Å²) in [6.07, 6.45) is 1.73. The topological polar surface area (TPSA) is 60.5 Å². The summed E-state index contributed by atoms with van der Waals surface area (Å²) in [6, 6.07) is 9.29. The fourth-order valence-electron chi connectivity index (χ4n) is 2.38. The van der Waals surface area contributed by atoms with Crippen LogP contribution in [0.1, 0.15) is 29.0 Å². The molecule has 0 spiro atoms. The molecule has 1 atom stereocenters. The van der Waals surface area contributed by atoms with Crippen molar-refractivity contribution in [3.05, 3.63) is 47.8 Å². The summed E-state index contributed by atoms with van der Waals surface area (Å²) in [5.74, 6) is 0.698. The van der Waals surface area contributed by atoms with E-state index in [1.807, 2.05) is 38.2 Å². The van der Waals surface area contributed by atoms with Crippen LogP contribution in [0.25, 0.3) is 0 Å². The molecule has 0 saturated heterocycles. The normalized spacial score (nSPS) is 12.0. The van der Waals surface area contributed by atoms with Gasteiger partial charge in [-0.2, -0.15) is 0 Å². The number of rotatable bonds is 4. The van der Waals surface area contributed by atoms with Crippen LogP contribution in [0.2, 0.25) is 0 Å². The second kappa shape index (κ2) is 5.91. The number of anilines is 1. The van der Waals surface area contributed by atoms with Crippen LogP contribution in [-0.4, -0.2) is 29.5 Å². The summed E-state index contributed by atoms with van der Waals surface area (Å²) in [5.41, 5.74) is 7.86. The van der Waals surface area contributed by atoms with Crippen LogP contribution >= 0.6 is 0 Å². The Bertz CT molecular complexity index is 649. The van der Waals surface area contributed by atoms with E-state index in [-0.39, 0.29) is 11.9 Å². The van der Waals surface area contributed by atoms with Gasteiger partial charge in [-0.05, 0) is 19.1 Å². The van der Waals surface area contributed by atoms with Gasteiger partial charge in [0.25, 0.3) is 5.91 Å². The van der Waals surface area contributed by atoms with Gasteiger partial charge < -0.3 is 19.9 Å². The van der Waals surface area contributed by atoms with Gasteiger partial charge in [0.1, 0.15) is 11.4 Å². The SMILES string of the molecule is COc1ccccc1C(C)N(C)C(=O)c1cc(N)cn1C. The smallest absolute Gasteiger partial charge is 0.270 e. The summed E-state index contributed by atoms with van der Waals surface area (Å²) < 4.78 is 7.11. The molecular weight excluding hydrogens is 266 g/mol. The number of nitrogens with zero attached hydrogens (tertiary/aromatic N) is 2. The summed E-state index contributed by atoms with van der Waals surface area (Å²) in [7, 11) is 5.22. The van der Waals surface area contributed by atoms with Crippen LogP contribution in [0.5, 0.6) is 5.75 Å². The number of hydrogen-bond acceptors (Lipinski definition) is 3. The lowest BCUT2D eigenvalue weighted by atomic mass is 10.1. The lowest BCUT2D eigenvalue weighted by Gasteiger charge is -2.26. The van der Waals surface area contributed by atoms with Gasteiger partial charge in [-0.15, -0.1) is 0 Å². The maximum Gasteiger partial charge on any atom is 0.270 e. The van der Waals surface area contributed by atoms with Gasteiger partial charge in [-0.25, -0.2) is 0 Å². The highest BCUT2D eigenvalue weighted by Gasteiger charge is 2.23. The minimum atomic E-state index is -0.107. The monoisotopic (exact) mass is 287 g/mol. The minimum Gasteiger partial charge on any atom is -0.496 e. The first-order valence-corrected chi connectivity index (χ1v) is 6.77. The van der Waals surface area contributed by atoms with Crippen molar-refractivity contribution in [2.45, 2.75) is 13.0 Å². The van der Waals surface area contributed by atoms with E-state index in [2.05, 4.69) is 0 Å². The van der Waals surface area contributed by atoms with Gasteiger partial charge in [-0.1, -0.05) is 18.2 Å². The van der Waals surface area contributed by atoms with Crippen LogP contribution in [-0.2, 0) is 7.05 Å². The maximum absolute atomic E-state index is 12.6. The molecule has 2 rings (SSSR count). The molecule has 1 unspecified atom stereocenters. The molecular formula is C16H21N3O2. The van der Waals surface area contributed by atoms with Gasteiger partial charge >= 0.3 is 0 Å². The fraction of sp³-hybridized carbons (Fsp3) is 0.312. The zero-order chi connectivity index (χ0) is 15.6. The maximum atomic E-state index is 12.6. The second-order valence-corrected chi connectivity index (χ2v) is 5.10. The Morgan fingerprint density at radius 1 is 1.38 bits per heavy atom. The molecule has 5 nitrogen and oxygen atoms in total. The van der Waals surface area contributed by atoms with Crippen molar-refractivity contribution in [1.82, 2.24) is 9.47 Å². The van der Waals surface area contributed by atoms with E-state index >= 15 is 0 Å². The lowest BCUT2D eigenvalue weighted by molar-refractivity contribution is 0.0731. The van der Waals surface area contributed by atoms with Crippen molar-refractivity contribution in [3.8, 4) is 5.75 Å².